The van der Waals surface area contributed by atoms with Gasteiger partial charge in [0.15, 0.2) is 0 Å². The van der Waals surface area contributed by atoms with Crippen LogP contribution in [0.3, 0.4) is 0 Å². The van der Waals surface area contributed by atoms with Gasteiger partial charge in [0.2, 0.25) is 0 Å². The summed E-state index contributed by atoms with van der Waals surface area (Å²) in [5, 5.41) is 8.62. The highest BCUT2D eigenvalue weighted by Gasteiger charge is 2.09. The molecular formula is C9H10O2. The van der Waals surface area contributed by atoms with E-state index in [1.807, 2.05) is 19.1 Å². The standard InChI is InChI=1S/C9H10O2/c1-7-3-2-4-8(6-5-7)9(10)11/h2-6,8H,1H3,(H,10,11). The molecular weight excluding hydrogens is 140 g/mol. The molecule has 0 fully saturated rings. The Morgan fingerprint density at radius 2 is 2.27 bits per heavy atom. The third-order valence-electron chi connectivity index (χ3n) is 1.53. The van der Waals surface area contributed by atoms with Crippen LogP contribution in [-0.4, -0.2) is 11.1 Å². The first-order chi connectivity index (χ1) is 5.20. The third-order valence-corrected chi connectivity index (χ3v) is 1.53. The first-order valence-electron chi connectivity index (χ1n) is 3.46. The van der Waals surface area contributed by atoms with E-state index in [0.717, 1.165) is 5.57 Å². The van der Waals surface area contributed by atoms with Gasteiger partial charge in [0.25, 0.3) is 0 Å². The van der Waals surface area contributed by atoms with Gasteiger partial charge in [-0.2, -0.15) is 0 Å². The van der Waals surface area contributed by atoms with E-state index in [1.165, 1.54) is 0 Å². The van der Waals surface area contributed by atoms with E-state index < -0.39 is 11.9 Å². The highest BCUT2D eigenvalue weighted by Crippen LogP contribution is 2.09. The van der Waals surface area contributed by atoms with E-state index in [1.54, 1.807) is 18.2 Å². The molecule has 0 aliphatic heterocycles. The van der Waals surface area contributed by atoms with Gasteiger partial charge in [-0.05, 0) is 6.92 Å². The second-order valence-corrected chi connectivity index (χ2v) is 2.52. The molecule has 0 aromatic rings. The Hall–Kier alpha value is -1.31. The number of carbonyl (C=O) groups is 1. The molecule has 1 aliphatic rings. The lowest BCUT2D eigenvalue weighted by Crippen LogP contribution is -2.06. The summed E-state index contributed by atoms with van der Waals surface area (Å²) >= 11 is 0. The Labute approximate surface area is 65.5 Å². The van der Waals surface area contributed by atoms with Gasteiger partial charge in [0, 0.05) is 0 Å². The van der Waals surface area contributed by atoms with Crippen LogP contribution in [0.5, 0.6) is 0 Å². The maximum Gasteiger partial charge on any atom is 0.314 e. The minimum atomic E-state index is -0.805. The number of carboxylic acids is 1. The zero-order valence-electron chi connectivity index (χ0n) is 6.32. The summed E-state index contributed by atoms with van der Waals surface area (Å²) in [4.78, 5) is 10.5. The summed E-state index contributed by atoms with van der Waals surface area (Å²) in [5.74, 6) is -1.27. The van der Waals surface area contributed by atoms with E-state index in [-0.39, 0.29) is 0 Å². The van der Waals surface area contributed by atoms with Crippen LogP contribution >= 0.6 is 0 Å². The van der Waals surface area contributed by atoms with Crippen LogP contribution in [0.4, 0.5) is 0 Å². The lowest BCUT2D eigenvalue weighted by molar-refractivity contribution is -0.138. The van der Waals surface area contributed by atoms with Crippen molar-refractivity contribution in [2.75, 3.05) is 0 Å². The lowest BCUT2D eigenvalue weighted by Gasteiger charge is -1.96. The number of carboxylic acid groups (broad SMARTS) is 1. The normalized spacial score (nSPS) is 22.6. The van der Waals surface area contributed by atoms with E-state index in [2.05, 4.69) is 0 Å². The molecule has 58 valence electrons. The smallest absolute Gasteiger partial charge is 0.314 e. The summed E-state index contributed by atoms with van der Waals surface area (Å²) in [5.41, 5.74) is 1.07. The average Bonchev–Trinajstić information content (AvgIpc) is 2.13. The fraction of sp³-hybridized carbons (Fsp3) is 0.222. The van der Waals surface area contributed by atoms with E-state index in [9.17, 15) is 4.79 Å². The average molecular weight is 150 g/mol. The molecule has 2 nitrogen and oxygen atoms in total. The summed E-state index contributed by atoms with van der Waals surface area (Å²) in [6.45, 7) is 1.94. The Bertz CT molecular complexity index is 246. The molecule has 2 heteroatoms. The van der Waals surface area contributed by atoms with Crippen LogP contribution in [0.25, 0.3) is 0 Å². The number of aliphatic carboxylic acids is 1. The minimum absolute atomic E-state index is 0.469. The highest BCUT2D eigenvalue weighted by atomic mass is 16.4. The first kappa shape index (κ1) is 7.79. The molecule has 0 heterocycles. The van der Waals surface area contributed by atoms with Gasteiger partial charge in [0.1, 0.15) is 0 Å². The molecule has 1 unspecified atom stereocenters. The van der Waals surface area contributed by atoms with Gasteiger partial charge < -0.3 is 5.11 Å². The van der Waals surface area contributed by atoms with Gasteiger partial charge in [-0.25, -0.2) is 0 Å². The van der Waals surface area contributed by atoms with Crippen LogP contribution < -0.4 is 0 Å². The number of hydrogen-bond donors (Lipinski definition) is 1. The second-order valence-electron chi connectivity index (χ2n) is 2.52. The molecule has 1 aliphatic carbocycles. The third kappa shape index (κ3) is 2.08. The fourth-order valence-electron chi connectivity index (χ4n) is 0.867. The molecule has 1 atom stereocenters. The van der Waals surface area contributed by atoms with E-state index >= 15 is 0 Å². The predicted molar refractivity (Wildman–Crippen MR) is 43.2 cm³/mol. The zero-order valence-corrected chi connectivity index (χ0v) is 6.32. The Balaban J connectivity index is 2.79. The molecule has 11 heavy (non-hydrogen) atoms. The molecule has 1 rings (SSSR count). The van der Waals surface area contributed by atoms with Crippen LogP contribution in [0.2, 0.25) is 0 Å². The maximum absolute atomic E-state index is 10.5. The van der Waals surface area contributed by atoms with Crippen molar-refractivity contribution in [1.29, 1.82) is 0 Å². The van der Waals surface area contributed by atoms with Crippen LogP contribution in [0.1, 0.15) is 6.92 Å². The van der Waals surface area contributed by atoms with Crippen LogP contribution in [-0.2, 0) is 4.79 Å². The SMILES string of the molecule is CC1=CC=CC(C(=O)O)C=C1. The summed E-state index contributed by atoms with van der Waals surface area (Å²) in [7, 11) is 0. The second kappa shape index (κ2) is 3.19. The van der Waals surface area contributed by atoms with Gasteiger partial charge in [0.05, 0.1) is 5.92 Å². The molecule has 0 amide bonds. The van der Waals surface area contributed by atoms with Crippen molar-refractivity contribution in [3.63, 3.8) is 0 Å². The molecule has 1 N–H and O–H groups in total. The fourth-order valence-corrected chi connectivity index (χ4v) is 0.867. The Morgan fingerprint density at radius 1 is 1.55 bits per heavy atom. The van der Waals surface area contributed by atoms with Crippen molar-refractivity contribution in [1.82, 2.24) is 0 Å². The lowest BCUT2D eigenvalue weighted by atomic mass is 10.1. The molecule has 0 saturated heterocycles. The quantitative estimate of drug-likeness (QED) is 0.618. The molecule has 0 radical (unpaired) electrons. The topological polar surface area (TPSA) is 37.3 Å². The van der Waals surface area contributed by atoms with Crippen molar-refractivity contribution >= 4 is 5.97 Å². The van der Waals surface area contributed by atoms with Crippen LogP contribution in [0.15, 0.2) is 36.0 Å². The van der Waals surface area contributed by atoms with Crippen molar-refractivity contribution in [2.24, 2.45) is 5.92 Å². The van der Waals surface area contributed by atoms with E-state index in [4.69, 9.17) is 5.11 Å². The van der Waals surface area contributed by atoms with Crippen molar-refractivity contribution in [3.8, 4) is 0 Å². The molecule has 0 saturated carbocycles. The van der Waals surface area contributed by atoms with Gasteiger partial charge in [-0.1, -0.05) is 36.0 Å². The molecule has 0 bridgehead atoms. The van der Waals surface area contributed by atoms with Crippen molar-refractivity contribution < 1.29 is 9.90 Å². The summed E-state index contributed by atoms with van der Waals surface area (Å²) < 4.78 is 0. The van der Waals surface area contributed by atoms with Gasteiger partial charge in [-0.15, -0.1) is 0 Å². The zero-order chi connectivity index (χ0) is 8.27. The molecule has 0 aromatic heterocycles. The molecule has 0 aromatic carbocycles. The predicted octanol–water partition coefficient (Wildman–Crippen LogP) is 1.76. The summed E-state index contributed by atoms with van der Waals surface area (Å²) in [6.07, 6.45) is 8.82. The summed E-state index contributed by atoms with van der Waals surface area (Å²) in [6, 6.07) is 0. The minimum Gasteiger partial charge on any atom is -0.481 e. The molecule has 0 spiro atoms. The highest BCUT2D eigenvalue weighted by molar-refractivity contribution is 5.74. The number of hydrogen-bond acceptors (Lipinski definition) is 1. The number of allylic oxidation sites excluding steroid dienone is 4. The Morgan fingerprint density at radius 3 is 2.91 bits per heavy atom. The Kier molecular flexibility index (Phi) is 2.26. The van der Waals surface area contributed by atoms with Crippen molar-refractivity contribution in [3.05, 3.63) is 36.0 Å². The first-order valence-corrected chi connectivity index (χ1v) is 3.46. The van der Waals surface area contributed by atoms with Gasteiger partial charge in [-0.3, -0.25) is 4.79 Å². The number of rotatable bonds is 1. The van der Waals surface area contributed by atoms with E-state index in [0.29, 0.717) is 0 Å². The van der Waals surface area contributed by atoms with Gasteiger partial charge >= 0.3 is 5.97 Å². The van der Waals surface area contributed by atoms with Crippen LogP contribution in [0, 0.1) is 5.92 Å². The maximum atomic E-state index is 10.5. The monoisotopic (exact) mass is 150 g/mol. The largest absolute Gasteiger partial charge is 0.481 e. The van der Waals surface area contributed by atoms with Crippen molar-refractivity contribution in [2.45, 2.75) is 6.92 Å².